The molecule has 2 aromatic carbocycles. The van der Waals surface area contributed by atoms with E-state index in [1.807, 2.05) is 42.5 Å². The predicted octanol–water partition coefficient (Wildman–Crippen LogP) is 4.12. The minimum atomic E-state index is 0.583. The van der Waals surface area contributed by atoms with Gasteiger partial charge in [-0.05, 0) is 11.6 Å². The Hall–Kier alpha value is -2.81. The number of nitrogens with zero attached hydrogens (tertiary/aromatic N) is 1. The Balaban J connectivity index is 1.99. The lowest BCUT2D eigenvalue weighted by Crippen LogP contribution is -1.91. The molecule has 0 atom stereocenters. The number of anilines is 1. The maximum Gasteiger partial charge on any atom is 0.147 e. The van der Waals surface area contributed by atoms with Crippen LogP contribution < -0.4 is 10.5 Å². The Bertz CT molecular complexity index is 711. The van der Waals surface area contributed by atoms with E-state index in [9.17, 15) is 0 Å². The van der Waals surface area contributed by atoms with E-state index in [2.05, 4.69) is 17.1 Å². The number of para-hydroxylation sites is 1. The lowest BCUT2D eigenvalue weighted by Gasteiger charge is -2.11. The zero-order valence-electron chi connectivity index (χ0n) is 10.9. The van der Waals surface area contributed by atoms with Crippen LogP contribution in [0.25, 0.3) is 11.1 Å². The summed E-state index contributed by atoms with van der Waals surface area (Å²) in [5.74, 6) is 1.42. The molecule has 0 amide bonds. The molecule has 3 nitrogen and oxygen atoms in total. The molecule has 3 rings (SSSR count). The summed E-state index contributed by atoms with van der Waals surface area (Å²) in [5.41, 5.74) is 8.45. The van der Waals surface area contributed by atoms with Gasteiger partial charge in [-0.3, -0.25) is 4.98 Å². The normalized spacial score (nSPS) is 10.2. The second kappa shape index (κ2) is 5.45. The van der Waals surface area contributed by atoms with Gasteiger partial charge in [0.25, 0.3) is 0 Å². The Morgan fingerprint density at radius 3 is 2.40 bits per heavy atom. The molecule has 1 aromatic heterocycles. The maximum atomic E-state index is 5.90. The summed E-state index contributed by atoms with van der Waals surface area (Å²) in [6.07, 6.45) is 3.24. The van der Waals surface area contributed by atoms with Crippen molar-refractivity contribution in [2.24, 2.45) is 0 Å². The Labute approximate surface area is 117 Å². The maximum absolute atomic E-state index is 5.90. The zero-order chi connectivity index (χ0) is 13.8. The third kappa shape index (κ3) is 2.62. The molecule has 3 aromatic rings. The first-order chi connectivity index (χ1) is 9.83. The molecule has 2 N–H and O–H groups in total. The van der Waals surface area contributed by atoms with Crippen molar-refractivity contribution in [2.45, 2.75) is 0 Å². The van der Waals surface area contributed by atoms with E-state index in [1.54, 1.807) is 18.5 Å². The van der Waals surface area contributed by atoms with Gasteiger partial charge in [-0.2, -0.15) is 0 Å². The molecule has 0 aliphatic heterocycles. The third-order valence-electron chi connectivity index (χ3n) is 2.93. The van der Waals surface area contributed by atoms with Crippen LogP contribution in [0, 0.1) is 0 Å². The Morgan fingerprint density at radius 1 is 0.850 bits per heavy atom. The second-order valence-electron chi connectivity index (χ2n) is 4.42. The van der Waals surface area contributed by atoms with E-state index in [1.165, 1.54) is 0 Å². The molecule has 0 radical (unpaired) electrons. The number of rotatable bonds is 3. The molecule has 0 unspecified atom stereocenters. The molecular weight excluding hydrogens is 248 g/mol. The topological polar surface area (TPSA) is 48.1 Å². The van der Waals surface area contributed by atoms with Gasteiger partial charge in [0.15, 0.2) is 0 Å². The van der Waals surface area contributed by atoms with E-state index in [0.29, 0.717) is 11.4 Å². The van der Waals surface area contributed by atoms with Crippen molar-refractivity contribution in [3.8, 4) is 22.6 Å². The van der Waals surface area contributed by atoms with Crippen LogP contribution in [0.1, 0.15) is 0 Å². The summed E-state index contributed by atoms with van der Waals surface area (Å²) in [6, 6.07) is 19.8. The van der Waals surface area contributed by atoms with Crippen LogP contribution in [0.15, 0.2) is 73.1 Å². The first-order valence-electron chi connectivity index (χ1n) is 6.36. The number of pyridine rings is 1. The molecular formula is C17H14N2O. The summed E-state index contributed by atoms with van der Waals surface area (Å²) >= 11 is 0. The van der Waals surface area contributed by atoms with Gasteiger partial charge in [-0.1, -0.05) is 48.5 Å². The monoisotopic (exact) mass is 262 g/mol. The van der Waals surface area contributed by atoms with E-state index in [-0.39, 0.29) is 0 Å². The lowest BCUT2D eigenvalue weighted by atomic mass is 10.1. The summed E-state index contributed by atoms with van der Waals surface area (Å²) in [7, 11) is 0. The summed E-state index contributed by atoms with van der Waals surface area (Å²) in [6.45, 7) is 0. The van der Waals surface area contributed by atoms with Crippen LogP contribution in [0.3, 0.4) is 0 Å². The first-order valence-corrected chi connectivity index (χ1v) is 6.36. The van der Waals surface area contributed by atoms with E-state index in [4.69, 9.17) is 10.5 Å². The summed E-state index contributed by atoms with van der Waals surface area (Å²) < 4.78 is 5.90. The van der Waals surface area contributed by atoms with Gasteiger partial charge in [0.1, 0.15) is 11.5 Å². The van der Waals surface area contributed by atoms with Crippen molar-refractivity contribution in [1.29, 1.82) is 0 Å². The first kappa shape index (κ1) is 12.2. The largest absolute Gasteiger partial charge is 0.455 e. The zero-order valence-corrected chi connectivity index (χ0v) is 10.9. The SMILES string of the molecule is Nc1cncc(Oc2ccccc2-c2ccccc2)c1. The highest BCUT2D eigenvalue weighted by molar-refractivity contribution is 5.70. The van der Waals surface area contributed by atoms with Crippen LogP contribution >= 0.6 is 0 Å². The highest BCUT2D eigenvalue weighted by atomic mass is 16.5. The molecule has 0 saturated heterocycles. The fraction of sp³-hybridized carbons (Fsp3) is 0. The van der Waals surface area contributed by atoms with Gasteiger partial charge in [-0.25, -0.2) is 0 Å². The summed E-state index contributed by atoms with van der Waals surface area (Å²) in [5, 5.41) is 0. The predicted molar refractivity (Wildman–Crippen MR) is 80.6 cm³/mol. The van der Waals surface area contributed by atoms with Gasteiger partial charge < -0.3 is 10.5 Å². The Morgan fingerprint density at radius 2 is 1.60 bits per heavy atom. The number of hydrogen-bond donors (Lipinski definition) is 1. The van der Waals surface area contributed by atoms with Gasteiger partial charge in [0.05, 0.1) is 18.1 Å². The van der Waals surface area contributed by atoms with Gasteiger partial charge in [-0.15, -0.1) is 0 Å². The van der Waals surface area contributed by atoms with Crippen molar-refractivity contribution in [2.75, 3.05) is 5.73 Å². The van der Waals surface area contributed by atoms with Crippen LogP contribution in [0.5, 0.6) is 11.5 Å². The minimum absolute atomic E-state index is 0.583. The number of nitrogens with two attached hydrogens (primary N) is 1. The smallest absolute Gasteiger partial charge is 0.147 e. The number of hydrogen-bond acceptors (Lipinski definition) is 3. The van der Waals surface area contributed by atoms with E-state index < -0.39 is 0 Å². The molecule has 0 bridgehead atoms. The molecule has 0 spiro atoms. The fourth-order valence-electron chi connectivity index (χ4n) is 2.03. The molecule has 98 valence electrons. The highest BCUT2D eigenvalue weighted by Crippen LogP contribution is 2.33. The van der Waals surface area contributed by atoms with Crippen molar-refractivity contribution >= 4 is 5.69 Å². The number of ether oxygens (including phenoxy) is 1. The Kier molecular flexibility index (Phi) is 3.33. The lowest BCUT2D eigenvalue weighted by molar-refractivity contribution is 0.482. The second-order valence-corrected chi connectivity index (χ2v) is 4.42. The number of benzene rings is 2. The quantitative estimate of drug-likeness (QED) is 0.772. The third-order valence-corrected chi connectivity index (χ3v) is 2.93. The standard InChI is InChI=1S/C17H14N2O/c18-14-10-15(12-19-11-14)20-17-9-5-4-8-16(17)13-6-2-1-3-7-13/h1-12H,18H2. The van der Waals surface area contributed by atoms with Crippen molar-refractivity contribution in [3.05, 3.63) is 73.1 Å². The van der Waals surface area contributed by atoms with Crippen LogP contribution in [0.2, 0.25) is 0 Å². The minimum Gasteiger partial charge on any atom is -0.455 e. The molecule has 0 saturated carbocycles. The van der Waals surface area contributed by atoms with E-state index >= 15 is 0 Å². The molecule has 1 heterocycles. The average molecular weight is 262 g/mol. The molecule has 0 fully saturated rings. The molecule has 0 aliphatic rings. The molecule has 20 heavy (non-hydrogen) atoms. The van der Waals surface area contributed by atoms with Crippen LogP contribution in [-0.4, -0.2) is 4.98 Å². The van der Waals surface area contributed by atoms with Gasteiger partial charge in [0, 0.05) is 11.6 Å². The van der Waals surface area contributed by atoms with Gasteiger partial charge in [0.2, 0.25) is 0 Å². The van der Waals surface area contributed by atoms with Crippen molar-refractivity contribution in [1.82, 2.24) is 4.98 Å². The highest BCUT2D eigenvalue weighted by Gasteiger charge is 2.06. The number of aromatic nitrogens is 1. The molecule has 3 heteroatoms. The van der Waals surface area contributed by atoms with Crippen molar-refractivity contribution in [3.63, 3.8) is 0 Å². The van der Waals surface area contributed by atoms with E-state index in [0.717, 1.165) is 16.9 Å². The van der Waals surface area contributed by atoms with Gasteiger partial charge >= 0.3 is 0 Å². The van der Waals surface area contributed by atoms with Crippen LogP contribution in [0.4, 0.5) is 5.69 Å². The summed E-state index contributed by atoms with van der Waals surface area (Å²) in [4.78, 5) is 4.03. The average Bonchev–Trinajstić information content (AvgIpc) is 2.49. The van der Waals surface area contributed by atoms with Crippen LogP contribution in [-0.2, 0) is 0 Å². The fourth-order valence-corrected chi connectivity index (χ4v) is 2.03. The number of nitrogen functional groups attached to an aromatic ring is 1. The molecule has 0 aliphatic carbocycles. The van der Waals surface area contributed by atoms with Crippen molar-refractivity contribution < 1.29 is 4.74 Å².